The molecule has 3 rings (SSSR count). The van der Waals surface area contributed by atoms with Gasteiger partial charge in [0.15, 0.2) is 0 Å². The number of benzene rings is 2. The lowest BCUT2D eigenvalue weighted by molar-refractivity contribution is -0.116. The van der Waals surface area contributed by atoms with E-state index < -0.39 is 15.9 Å². The topological polar surface area (TPSA) is 86.8 Å². The fourth-order valence-electron chi connectivity index (χ4n) is 3.18. The minimum Gasteiger partial charge on any atom is -0.350 e. The van der Waals surface area contributed by atoms with Gasteiger partial charge in [0.25, 0.3) is 5.91 Å². The minimum absolute atomic E-state index is 0.0179. The molecular weight excluding hydrogens is 378 g/mol. The van der Waals surface area contributed by atoms with E-state index >= 15 is 0 Å². The van der Waals surface area contributed by atoms with Crippen molar-refractivity contribution in [2.75, 3.05) is 30.7 Å². The summed E-state index contributed by atoms with van der Waals surface area (Å²) in [4.78, 5) is 26.4. The number of hydrogen-bond donors (Lipinski definition) is 1. The quantitative estimate of drug-likeness (QED) is 0.797. The van der Waals surface area contributed by atoms with Crippen molar-refractivity contribution in [2.45, 2.75) is 12.5 Å². The number of anilines is 1. The molecule has 7 nitrogen and oxygen atoms in total. The molecule has 2 aromatic rings. The second-order valence-corrected chi connectivity index (χ2v) is 8.81. The predicted molar refractivity (Wildman–Crippen MR) is 108 cm³/mol. The number of rotatable bonds is 6. The van der Waals surface area contributed by atoms with Crippen LogP contribution in [-0.2, 0) is 14.8 Å². The molecule has 0 aromatic heterocycles. The number of nitrogens with zero attached hydrogens (tertiary/aromatic N) is 2. The van der Waals surface area contributed by atoms with Gasteiger partial charge in [-0.1, -0.05) is 30.3 Å². The largest absolute Gasteiger partial charge is 0.350 e. The number of sulfonamides is 1. The van der Waals surface area contributed by atoms with Crippen LogP contribution in [0.2, 0.25) is 0 Å². The zero-order chi connectivity index (χ0) is 20.3. The van der Waals surface area contributed by atoms with Crippen molar-refractivity contribution in [3.63, 3.8) is 0 Å². The molecule has 1 aliphatic heterocycles. The monoisotopic (exact) mass is 401 g/mol. The average Bonchev–Trinajstić information content (AvgIpc) is 2.95. The van der Waals surface area contributed by atoms with E-state index in [0.717, 1.165) is 9.87 Å². The molecule has 8 heteroatoms. The molecule has 148 valence electrons. The second kappa shape index (κ2) is 8.12. The molecule has 28 heavy (non-hydrogen) atoms. The van der Waals surface area contributed by atoms with Gasteiger partial charge in [0.05, 0.1) is 17.5 Å². The lowest BCUT2D eigenvalue weighted by atomic mass is 10.1. The summed E-state index contributed by atoms with van der Waals surface area (Å²) in [5.41, 5.74) is 1.76. The van der Waals surface area contributed by atoms with Gasteiger partial charge in [-0.2, -0.15) is 0 Å². The molecule has 0 saturated carbocycles. The van der Waals surface area contributed by atoms with E-state index in [1.54, 1.807) is 0 Å². The molecular formula is C20H23N3O4S. The SMILES string of the molecule is CN(C)C(CNC(=O)c1ccc(N2C(=O)CCS2(=O)=O)cc1)c1ccccc1. The first kappa shape index (κ1) is 20.0. The van der Waals surface area contributed by atoms with Crippen molar-refractivity contribution >= 4 is 27.5 Å². The van der Waals surface area contributed by atoms with Crippen LogP contribution >= 0.6 is 0 Å². The number of likely N-dealkylation sites (N-methyl/N-ethyl adjacent to an activating group) is 1. The molecule has 0 bridgehead atoms. The number of amides is 2. The van der Waals surface area contributed by atoms with Crippen LogP contribution in [0.25, 0.3) is 0 Å². The summed E-state index contributed by atoms with van der Waals surface area (Å²) < 4.78 is 24.8. The molecule has 1 heterocycles. The van der Waals surface area contributed by atoms with Gasteiger partial charge in [-0.25, -0.2) is 12.7 Å². The second-order valence-electron chi connectivity index (χ2n) is 6.87. The smallest absolute Gasteiger partial charge is 0.251 e. The highest BCUT2D eigenvalue weighted by atomic mass is 32.2. The molecule has 2 aromatic carbocycles. The van der Waals surface area contributed by atoms with Crippen LogP contribution in [0.3, 0.4) is 0 Å². The van der Waals surface area contributed by atoms with E-state index in [9.17, 15) is 18.0 Å². The van der Waals surface area contributed by atoms with Crippen molar-refractivity contribution in [3.05, 3.63) is 65.7 Å². The summed E-state index contributed by atoms with van der Waals surface area (Å²) in [6.07, 6.45) is -0.0179. The minimum atomic E-state index is -3.61. The van der Waals surface area contributed by atoms with Crippen molar-refractivity contribution in [2.24, 2.45) is 0 Å². The summed E-state index contributed by atoms with van der Waals surface area (Å²) in [5.74, 6) is -0.890. The Balaban J connectivity index is 1.69. The van der Waals surface area contributed by atoms with Gasteiger partial charge in [0.2, 0.25) is 15.9 Å². The Bertz CT molecular complexity index is 957. The van der Waals surface area contributed by atoms with Gasteiger partial charge < -0.3 is 10.2 Å². The molecule has 1 fully saturated rings. The Morgan fingerprint density at radius 3 is 2.29 bits per heavy atom. The Kier molecular flexibility index (Phi) is 5.81. The highest BCUT2D eigenvalue weighted by molar-refractivity contribution is 7.94. The predicted octanol–water partition coefficient (Wildman–Crippen LogP) is 1.79. The molecule has 1 saturated heterocycles. The highest BCUT2D eigenvalue weighted by Crippen LogP contribution is 2.25. The Labute approximate surface area is 165 Å². The maximum atomic E-state index is 12.5. The first-order valence-electron chi connectivity index (χ1n) is 8.95. The standard InChI is InChI=1S/C20H23N3O4S/c1-22(2)18(15-6-4-3-5-7-15)14-21-20(25)16-8-10-17(11-9-16)23-19(24)12-13-28(23,26)27/h3-11,18H,12-14H2,1-2H3,(H,21,25). The van der Waals surface area contributed by atoms with E-state index in [-0.39, 0.29) is 29.8 Å². The van der Waals surface area contributed by atoms with Crippen molar-refractivity contribution in [1.29, 1.82) is 0 Å². The van der Waals surface area contributed by atoms with Crippen LogP contribution in [0.5, 0.6) is 0 Å². The lowest BCUT2D eigenvalue weighted by Gasteiger charge is -2.25. The Hall–Kier alpha value is -2.71. The third kappa shape index (κ3) is 4.23. The Morgan fingerprint density at radius 1 is 1.11 bits per heavy atom. The lowest BCUT2D eigenvalue weighted by Crippen LogP contribution is -2.34. The summed E-state index contributed by atoms with van der Waals surface area (Å²) in [7, 11) is 0.295. The van der Waals surface area contributed by atoms with Gasteiger partial charge in [-0.15, -0.1) is 0 Å². The summed E-state index contributed by atoms with van der Waals surface area (Å²) >= 11 is 0. The van der Waals surface area contributed by atoms with Crippen LogP contribution in [0.15, 0.2) is 54.6 Å². The van der Waals surface area contributed by atoms with Crippen LogP contribution < -0.4 is 9.62 Å². The van der Waals surface area contributed by atoms with E-state index in [4.69, 9.17) is 0 Å². The number of carbonyl (C=O) groups is 2. The molecule has 2 amide bonds. The van der Waals surface area contributed by atoms with Crippen molar-refractivity contribution < 1.29 is 18.0 Å². The highest BCUT2D eigenvalue weighted by Gasteiger charge is 2.36. The van der Waals surface area contributed by atoms with Gasteiger partial charge >= 0.3 is 0 Å². The van der Waals surface area contributed by atoms with Crippen molar-refractivity contribution in [3.8, 4) is 0 Å². The molecule has 1 unspecified atom stereocenters. The summed E-state index contributed by atoms with van der Waals surface area (Å²) in [6.45, 7) is 0.427. The Morgan fingerprint density at radius 2 is 1.75 bits per heavy atom. The molecule has 1 aliphatic rings. The molecule has 0 aliphatic carbocycles. The number of hydrogen-bond acceptors (Lipinski definition) is 5. The van der Waals surface area contributed by atoms with Crippen LogP contribution in [-0.4, -0.2) is 51.5 Å². The summed E-state index contributed by atoms with van der Waals surface area (Å²) in [6, 6.07) is 15.9. The van der Waals surface area contributed by atoms with Gasteiger partial charge in [-0.3, -0.25) is 9.59 Å². The van der Waals surface area contributed by atoms with E-state index in [1.165, 1.54) is 24.3 Å². The van der Waals surface area contributed by atoms with Crippen LogP contribution in [0.1, 0.15) is 28.4 Å². The molecule has 0 radical (unpaired) electrons. The van der Waals surface area contributed by atoms with E-state index in [2.05, 4.69) is 5.32 Å². The fourth-order valence-corrected chi connectivity index (χ4v) is 4.64. The van der Waals surface area contributed by atoms with Gasteiger partial charge in [0.1, 0.15) is 0 Å². The molecule has 0 spiro atoms. The molecule has 1 atom stereocenters. The first-order chi connectivity index (χ1) is 13.3. The van der Waals surface area contributed by atoms with E-state index in [1.807, 2.05) is 49.3 Å². The van der Waals surface area contributed by atoms with Crippen molar-refractivity contribution in [1.82, 2.24) is 10.2 Å². The average molecular weight is 401 g/mol. The zero-order valence-corrected chi connectivity index (χ0v) is 16.6. The van der Waals surface area contributed by atoms with E-state index in [0.29, 0.717) is 12.1 Å². The van der Waals surface area contributed by atoms with Gasteiger partial charge in [-0.05, 0) is 43.9 Å². The fraction of sp³-hybridized carbons (Fsp3) is 0.300. The maximum Gasteiger partial charge on any atom is 0.251 e. The zero-order valence-electron chi connectivity index (χ0n) is 15.8. The number of carbonyl (C=O) groups excluding carboxylic acids is 2. The molecule has 1 N–H and O–H groups in total. The van der Waals surface area contributed by atoms with Crippen LogP contribution in [0, 0.1) is 0 Å². The van der Waals surface area contributed by atoms with Crippen LogP contribution in [0.4, 0.5) is 5.69 Å². The first-order valence-corrected chi connectivity index (χ1v) is 10.6. The third-order valence-electron chi connectivity index (χ3n) is 4.71. The van der Waals surface area contributed by atoms with Gasteiger partial charge in [0, 0.05) is 18.5 Å². The summed E-state index contributed by atoms with van der Waals surface area (Å²) in [5, 5.41) is 2.91. The maximum absolute atomic E-state index is 12.5. The number of nitrogens with one attached hydrogen (secondary N) is 1. The normalized spacial score (nSPS) is 17.0. The third-order valence-corrected chi connectivity index (χ3v) is 6.40.